The lowest BCUT2D eigenvalue weighted by Crippen LogP contribution is -2.23. The molecular weight excluding hydrogens is 382 g/mol. The van der Waals surface area contributed by atoms with Crippen molar-refractivity contribution in [2.45, 2.75) is 11.3 Å². The van der Waals surface area contributed by atoms with Crippen LogP contribution in [-0.4, -0.2) is 46.2 Å². The number of carbonyl (C=O) groups excluding carboxylic acids is 1. The number of methoxy groups -OCH3 is 1. The van der Waals surface area contributed by atoms with Crippen molar-refractivity contribution in [1.82, 2.24) is 10.3 Å². The minimum atomic E-state index is -3.95. The molecule has 0 aliphatic heterocycles. The highest BCUT2D eigenvalue weighted by Crippen LogP contribution is 2.24. The van der Waals surface area contributed by atoms with Gasteiger partial charge in [-0.1, -0.05) is 12.1 Å². The van der Waals surface area contributed by atoms with E-state index in [-0.39, 0.29) is 23.2 Å². The van der Waals surface area contributed by atoms with Crippen LogP contribution in [0.25, 0.3) is 6.08 Å². The lowest BCUT2D eigenvalue weighted by Gasteiger charge is -2.12. The number of benzene rings is 1. The van der Waals surface area contributed by atoms with Crippen LogP contribution in [0.2, 0.25) is 0 Å². The van der Waals surface area contributed by atoms with Gasteiger partial charge in [0.2, 0.25) is 15.9 Å². The van der Waals surface area contributed by atoms with Crippen molar-refractivity contribution in [3.8, 4) is 5.75 Å². The summed E-state index contributed by atoms with van der Waals surface area (Å²) < 4.78 is 33.9. The van der Waals surface area contributed by atoms with Crippen LogP contribution in [-0.2, 0) is 26.0 Å². The normalized spacial score (nSPS) is 11.5. The van der Waals surface area contributed by atoms with Gasteiger partial charge in [0.1, 0.15) is 17.3 Å². The number of nitrogens with one attached hydrogen (secondary N) is 1. The summed E-state index contributed by atoms with van der Waals surface area (Å²) in [5.41, 5.74) is 1.39. The van der Waals surface area contributed by atoms with Gasteiger partial charge in [0.05, 0.1) is 12.3 Å². The number of hydrogen-bond donors (Lipinski definition) is 2. The average Bonchev–Trinajstić information content (AvgIpc) is 2.67. The Bertz CT molecular complexity index is 914. The number of aromatic nitrogens is 1. The molecule has 9 heteroatoms. The Hall–Kier alpha value is -2.75. The van der Waals surface area contributed by atoms with Crippen LogP contribution in [0.3, 0.4) is 0 Å². The Balaban J connectivity index is 1.94. The fraction of sp³-hybridized carbons (Fsp3) is 0.263. The Kier molecular flexibility index (Phi) is 8.12. The summed E-state index contributed by atoms with van der Waals surface area (Å²) >= 11 is 0. The second-order valence-electron chi connectivity index (χ2n) is 5.80. The minimum Gasteiger partial charge on any atom is -0.490 e. The van der Waals surface area contributed by atoms with Crippen LogP contribution >= 0.6 is 0 Å². The van der Waals surface area contributed by atoms with E-state index in [0.717, 1.165) is 0 Å². The fourth-order valence-electron chi connectivity index (χ4n) is 2.31. The SMILES string of the molecule is COCCOc1ccc(CCNC(=O)C=Cc2ccccn2)cc1S(N)(=O)=O. The molecule has 0 saturated carbocycles. The molecule has 0 spiro atoms. The molecule has 0 unspecified atom stereocenters. The fourth-order valence-corrected chi connectivity index (χ4v) is 3.03. The molecule has 0 radical (unpaired) electrons. The standard InChI is InChI=1S/C19H23N3O5S/c1-26-12-13-27-17-7-5-15(14-18(17)28(20,24)25)9-11-22-19(23)8-6-16-4-2-3-10-21-16/h2-8,10,14H,9,11-13H2,1H3,(H,22,23)(H2,20,24,25). The van der Waals surface area contributed by atoms with E-state index in [0.29, 0.717) is 30.8 Å². The lowest BCUT2D eigenvalue weighted by molar-refractivity contribution is -0.116. The molecule has 1 heterocycles. The van der Waals surface area contributed by atoms with Crippen molar-refractivity contribution in [1.29, 1.82) is 0 Å². The molecular formula is C19H23N3O5S. The third kappa shape index (κ3) is 7.10. The quantitative estimate of drug-likeness (QED) is 0.451. The van der Waals surface area contributed by atoms with Crippen molar-refractivity contribution in [2.24, 2.45) is 5.14 Å². The van der Waals surface area contributed by atoms with Gasteiger partial charge >= 0.3 is 0 Å². The van der Waals surface area contributed by atoms with Crippen LogP contribution in [0.5, 0.6) is 5.75 Å². The highest BCUT2D eigenvalue weighted by molar-refractivity contribution is 7.89. The number of primary sulfonamides is 1. The van der Waals surface area contributed by atoms with E-state index in [4.69, 9.17) is 14.6 Å². The van der Waals surface area contributed by atoms with Crippen molar-refractivity contribution < 1.29 is 22.7 Å². The van der Waals surface area contributed by atoms with E-state index in [1.165, 1.54) is 19.3 Å². The number of sulfonamides is 1. The molecule has 2 rings (SSSR count). The van der Waals surface area contributed by atoms with Gasteiger partial charge in [-0.25, -0.2) is 13.6 Å². The van der Waals surface area contributed by atoms with Gasteiger partial charge in [0.15, 0.2) is 0 Å². The summed E-state index contributed by atoms with van der Waals surface area (Å²) in [6.07, 6.45) is 5.08. The molecule has 8 nitrogen and oxygen atoms in total. The second kappa shape index (κ2) is 10.5. The third-order valence-corrected chi connectivity index (χ3v) is 4.60. The van der Waals surface area contributed by atoms with Crippen molar-refractivity contribution in [3.63, 3.8) is 0 Å². The van der Waals surface area contributed by atoms with Crippen molar-refractivity contribution >= 4 is 22.0 Å². The monoisotopic (exact) mass is 405 g/mol. The lowest BCUT2D eigenvalue weighted by atomic mass is 10.1. The molecule has 1 amide bonds. The van der Waals surface area contributed by atoms with Crippen molar-refractivity contribution in [2.75, 3.05) is 26.9 Å². The molecule has 3 N–H and O–H groups in total. The maximum atomic E-state index is 11.9. The summed E-state index contributed by atoms with van der Waals surface area (Å²) in [6.45, 7) is 0.861. The Labute approximate surface area is 164 Å². The molecule has 0 aliphatic rings. The Morgan fingerprint density at radius 1 is 1.25 bits per heavy atom. The number of amides is 1. The zero-order valence-electron chi connectivity index (χ0n) is 15.5. The Morgan fingerprint density at radius 2 is 2.07 bits per heavy atom. The van der Waals surface area contributed by atoms with Gasteiger partial charge in [-0.2, -0.15) is 0 Å². The van der Waals surface area contributed by atoms with Crippen LogP contribution in [0, 0.1) is 0 Å². The summed E-state index contributed by atoms with van der Waals surface area (Å²) in [6, 6.07) is 10.1. The average molecular weight is 405 g/mol. The second-order valence-corrected chi connectivity index (χ2v) is 7.33. The van der Waals surface area contributed by atoms with Gasteiger partial charge in [-0.15, -0.1) is 0 Å². The van der Waals surface area contributed by atoms with Crippen LogP contribution in [0.4, 0.5) is 0 Å². The molecule has 1 aromatic carbocycles. The van der Waals surface area contributed by atoms with Crippen LogP contribution in [0.15, 0.2) is 53.6 Å². The number of carbonyl (C=O) groups is 1. The predicted molar refractivity (Wildman–Crippen MR) is 105 cm³/mol. The maximum Gasteiger partial charge on any atom is 0.244 e. The highest BCUT2D eigenvalue weighted by Gasteiger charge is 2.16. The third-order valence-electron chi connectivity index (χ3n) is 3.67. The number of hydrogen-bond acceptors (Lipinski definition) is 6. The molecule has 0 fully saturated rings. The number of ether oxygens (including phenoxy) is 2. The molecule has 0 saturated heterocycles. The van der Waals surface area contributed by atoms with Gasteiger partial charge in [0, 0.05) is 25.9 Å². The zero-order valence-corrected chi connectivity index (χ0v) is 16.3. The van der Waals surface area contributed by atoms with E-state index in [9.17, 15) is 13.2 Å². The zero-order chi connectivity index (χ0) is 20.4. The summed E-state index contributed by atoms with van der Waals surface area (Å²) in [4.78, 5) is 15.9. The van der Waals surface area contributed by atoms with E-state index in [1.807, 2.05) is 6.07 Å². The molecule has 0 aliphatic carbocycles. The molecule has 0 bridgehead atoms. The van der Waals surface area contributed by atoms with E-state index < -0.39 is 10.0 Å². The molecule has 28 heavy (non-hydrogen) atoms. The summed E-state index contributed by atoms with van der Waals surface area (Å²) in [5, 5.41) is 8.01. The van der Waals surface area contributed by atoms with Crippen LogP contribution in [0.1, 0.15) is 11.3 Å². The molecule has 2 aromatic rings. The molecule has 0 atom stereocenters. The maximum absolute atomic E-state index is 11.9. The van der Waals surface area contributed by atoms with Crippen LogP contribution < -0.4 is 15.2 Å². The predicted octanol–water partition coefficient (Wildman–Crippen LogP) is 1.13. The summed E-state index contributed by atoms with van der Waals surface area (Å²) in [5.74, 6) is -0.0949. The topological polar surface area (TPSA) is 121 Å². The first kappa shape index (κ1) is 21.5. The smallest absolute Gasteiger partial charge is 0.244 e. The number of nitrogens with two attached hydrogens (primary N) is 1. The van der Waals surface area contributed by atoms with Gasteiger partial charge in [-0.05, 0) is 42.3 Å². The Morgan fingerprint density at radius 3 is 2.75 bits per heavy atom. The highest BCUT2D eigenvalue weighted by atomic mass is 32.2. The van der Waals surface area contributed by atoms with Gasteiger partial charge in [-0.3, -0.25) is 9.78 Å². The first-order valence-electron chi connectivity index (χ1n) is 8.54. The van der Waals surface area contributed by atoms with Crippen molar-refractivity contribution in [3.05, 3.63) is 59.9 Å². The molecule has 150 valence electrons. The van der Waals surface area contributed by atoms with E-state index in [2.05, 4.69) is 10.3 Å². The number of rotatable bonds is 10. The largest absolute Gasteiger partial charge is 0.490 e. The first-order valence-corrected chi connectivity index (χ1v) is 10.1. The van der Waals surface area contributed by atoms with E-state index >= 15 is 0 Å². The van der Waals surface area contributed by atoms with Gasteiger partial charge in [0.25, 0.3) is 0 Å². The minimum absolute atomic E-state index is 0.0949. The van der Waals surface area contributed by atoms with Gasteiger partial charge < -0.3 is 14.8 Å². The number of nitrogens with zero attached hydrogens (tertiary/aromatic N) is 1. The van der Waals surface area contributed by atoms with E-state index in [1.54, 1.807) is 36.5 Å². The molecule has 1 aromatic heterocycles. The summed E-state index contributed by atoms with van der Waals surface area (Å²) in [7, 11) is -2.42. The number of pyridine rings is 1. The first-order chi connectivity index (χ1) is 13.4.